The average Bonchev–Trinajstić information content (AvgIpc) is 2.38. The van der Waals surface area contributed by atoms with Crippen molar-refractivity contribution in [3.63, 3.8) is 0 Å². The van der Waals surface area contributed by atoms with E-state index in [9.17, 15) is 19.2 Å². The Kier molecular flexibility index (Phi) is 6.95. The van der Waals surface area contributed by atoms with E-state index in [1.165, 1.54) is 20.8 Å². The minimum atomic E-state index is -1.27. The Bertz CT molecular complexity index is 447. The quantitative estimate of drug-likeness (QED) is 0.510. The van der Waals surface area contributed by atoms with Gasteiger partial charge in [0.1, 0.15) is 12.7 Å². The van der Waals surface area contributed by atoms with Gasteiger partial charge in [0.15, 0.2) is 0 Å². The van der Waals surface area contributed by atoms with Gasteiger partial charge in [-0.05, 0) is 0 Å². The zero-order valence-electron chi connectivity index (χ0n) is 13.4. The third kappa shape index (κ3) is 6.64. The topological polar surface area (TPSA) is 114 Å². The van der Waals surface area contributed by atoms with Gasteiger partial charge in [0.25, 0.3) is 0 Å². The zero-order chi connectivity index (χ0) is 17.6. The molecule has 1 saturated heterocycles. The molecule has 4 atom stereocenters. The molecular weight excluding hydrogens is 312 g/mol. The number of hydrogen-bond acceptors (Lipinski definition) is 9. The Hall–Kier alpha value is -2.16. The highest BCUT2D eigenvalue weighted by atomic mass is 16.7. The van der Waals surface area contributed by atoms with Gasteiger partial charge in [-0.2, -0.15) is 0 Å². The third-order valence-corrected chi connectivity index (χ3v) is 2.83. The first-order chi connectivity index (χ1) is 10.7. The summed E-state index contributed by atoms with van der Waals surface area (Å²) in [6.45, 7) is 4.64. The molecule has 1 aliphatic rings. The molecule has 0 bridgehead atoms. The van der Waals surface area contributed by atoms with Crippen LogP contribution in [0.25, 0.3) is 0 Å². The van der Waals surface area contributed by atoms with Crippen LogP contribution in [0.2, 0.25) is 0 Å². The third-order valence-electron chi connectivity index (χ3n) is 2.83. The van der Waals surface area contributed by atoms with Crippen LogP contribution in [-0.4, -0.2) is 55.1 Å². The van der Waals surface area contributed by atoms with Crippen LogP contribution >= 0.6 is 0 Å². The summed E-state index contributed by atoms with van der Waals surface area (Å²) in [5.74, 6) is -2.42. The van der Waals surface area contributed by atoms with Crippen molar-refractivity contribution in [2.45, 2.75) is 58.7 Å². The Balaban J connectivity index is 2.92. The molecule has 0 aromatic heterocycles. The molecule has 0 amide bonds. The first-order valence-electron chi connectivity index (χ1n) is 6.99. The first-order valence-corrected chi connectivity index (χ1v) is 6.99. The van der Waals surface area contributed by atoms with Crippen LogP contribution < -0.4 is 0 Å². The Morgan fingerprint density at radius 3 is 1.91 bits per heavy atom. The van der Waals surface area contributed by atoms with E-state index in [0.717, 1.165) is 6.92 Å². The van der Waals surface area contributed by atoms with E-state index < -0.39 is 48.5 Å². The summed E-state index contributed by atoms with van der Waals surface area (Å²) in [6.07, 6.45) is -3.83. The second-order valence-corrected chi connectivity index (χ2v) is 5.00. The molecule has 3 unspecified atom stereocenters. The van der Waals surface area contributed by atoms with E-state index in [2.05, 4.69) is 0 Å². The predicted octanol–water partition coefficient (Wildman–Crippen LogP) is 0.0910. The second kappa shape index (κ2) is 8.47. The summed E-state index contributed by atoms with van der Waals surface area (Å²) in [4.78, 5) is 44.6. The molecule has 0 aliphatic carbocycles. The van der Waals surface area contributed by atoms with E-state index in [4.69, 9.17) is 23.7 Å². The van der Waals surface area contributed by atoms with Crippen molar-refractivity contribution in [1.82, 2.24) is 0 Å². The van der Waals surface area contributed by atoms with Crippen LogP contribution in [0.15, 0.2) is 0 Å². The van der Waals surface area contributed by atoms with Crippen LogP contribution in [0.4, 0.5) is 0 Å². The molecule has 9 heteroatoms. The fraction of sp³-hybridized carbons (Fsp3) is 0.714. The molecule has 1 heterocycles. The van der Waals surface area contributed by atoms with Crippen LogP contribution in [0.5, 0.6) is 0 Å². The highest BCUT2D eigenvalue weighted by Gasteiger charge is 2.45. The number of rotatable bonds is 5. The molecule has 23 heavy (non-hydrogen) atoms. The smallest absolute Gasteiger partial charge is 0.305 e. The molecular formula is C14H20O9. The summed E-state index contributed by atoms with van der Waals surface area (Å²) in [7, 11) is 0. The van der Waals surface area contributed by atoms with Gasteiger partial charge in [-0.25, -0.2) is 0 Å². The maximum Gasteiger partial charge on any atom is 0.305 e. The highest BCUT2D eigenvalue weighted by molar-refractivity contribution is 5.68. The van der Waals surface area contributed by atoms with E-state index in [0.29, 0.717) is 0 Å². The molecule has 0 aromatic carbocycles. The number of carbonyl (C=O) groups excluding carboxylic acids is 4. The lowest BCUT2D eigenvalue weighted by Crippen LogP contribution is -2.54. The molecule has 0 aromatic rings. The van der Waals surface area contributed by atoms with E-state index in [1.54, 1.807) is 0 Å². The lowest BCUT2D eigenvalue weighted by Gasteiger charge is -2.39. The van der Waals surface area contributed by atoms with E-state index in [1.807, 2.05) is 0 Å². The predicted molar refractivity (Wildman–Crippen MR) is 72.8 cm³/mol. The van der Waals surface area contributed by atoms with Crippen molar-refractivity contribution in [2.24, 2.45) is 0 Å². The van der Waals surface area contributed by atoms with Crippen molar-refractivity contribution >= 4 is 23.9 Å². The Morgan fingerprint density at radius 2 is 1.43 bits per heavy atom. The van der Waals surface area contributed by atoms with Gasteiger partial charge in [-0.1, -0.05) is 0 Å². The van der Waals surface area contributed by atoms with E-state index in [-0.39, 0.29) is 13.0 Å². The van der Waals surface area contributed by atoms with Gasteiger partial charge < -0.3 is 23.7 Å². The fourth-order valence-electron chi connectivity index (χ4n) is 2.12. The summed E-state index contributed by atoms with van der Waals surface area (Å²) < 4.78 is 25.5. The van der Waals surface area contributed by atoms with Crippen molar-refractivity contribution in [3.8, 4) is 0 Å². The molecule has 1 aliphatic heterocycles. The zero-order valence-corrected chi connectivity index (χ0v) is 13.4. The van der Waals surface area contributed by atoms with Crippen molar-refractivity contribution in [1.29, 1.82) is 0 Å². The molecule has 130 valence electrons. The Morgan fingerprint density at radius 1 is 0.870 bits per heavy atom. The molecule has 0 N–H and O–H groups in total. The van der Waals surface area contributed by atoms with Crippen LogP contribution in [0, 0.1) is 0 Å². The van der Waals surface area contributed by atoms with Crippen LogP contribution in [0.1, 0.15) is 34.1 Å². The maximum absolute atomic E-state index is 11.2. The van der Waals surface area contributed by atoms with Crippen molar-refractivity contribution in [3.05, 3.63) is 0 Å². The van der Waals surface area contributed by atoms with Gasteiger partial charge in [-0.15, -0.1) is 0 Å². The Labute approximate surface area is 133 Å². The monoisotopic (exact) mass is 332 g/mol. The molecule has 1 fully saturated rings. The van der Waals surface area contributed by atoms with Gasteiger partial charge in [0.05, 0.1) is 6.10 Å². The number of ether oxygens (including phenoxy) is 5. The van der Waals surface area contributed by atoms with E-state index >= 15 is 0 Å². The molecule has 0 spiro atoms. The van der Waals surface area contributed by atoms with Crippen LogP contribution in [0.3, 0.4) is 0 Å². The number of hydrogen-bond donors (Lipinski definition) is 0. The van der Waals surface area contributed by atoms with Crippen molar-refractivity contribution < 1.29 is 42.9 Å². The van der Waals surface area contributed by atoms with Crippen LogP contribution in [-0.2, 0) is 42.9 Å². The second-order valence-electron chi connectivity index (χ2n) is 5.00. The summed E-state index contributed by atoms with van der Waals surface area (Å²) >= 11 is 0. The van der Waals surface area contributed by atoms with Gasteiger partial charge in [0.2, 0.25) is 12.4 Å². The molecule has 1 rings (SSSR count). The highest BCUT2D eigenvalue weighted by Crippen LogP contribution is 2.27. The SMILES string of the molecule is CC(=O)OCC1CC(OC(C)=O)[C@@H](OC(C)=O)C(OC(C)=O)O1. The summed E-state index contributed by atoms with van der Waals surface area (Å²) in [5, 5.41) is 0. The number of carbonyl (C=O) groups is 4. The van der Waals surface area contributed by atoms with Crippen molar-refractivity contribution in [2.75, 3.05) is 6.61 Å². The fourth-order valence-corrected chi connectivity index (χ4v) is 2.12. The normalized spacial score (nSPS) is 26.8. The lowest BCUT2D eigenvalue weighted by molar-refractivity contribution is -0.271. The minimum absolute atomic E-state index is 0.113. The standard InChI is InChI=1S/C14H20O9/c1-7(15)19-6-11-5-12(20-8(2)16)13(21-9(3)17)14(23-11)22-10(4)18/h11-14H,5-6H2,1-4H3/t11?,12?,13-,14?/m1/s1. The molecule has 9 nitrogen and oxygen atoms in total. The minimum Gasteiger partial charge on any atom is -0.463 e. The summed E-state index contributed by atoms with van der Waals surface area (Å²) in [5.41, 5.74) is 0. The van der Waals surface area contributed by atoms with Gasteiger partial charge >= 0.3 is 23.9 Å². The lowest BCUT2D eigenvalue weighted by atomic mass is 10.0. The van der Waals surface area contributed by atoms with Gasteiger partial charge in [0, 0.05) is 34.1 Å². The largest absolute Gasteiger partial charge is 0.463 e. The molecule has 0 saturated carbocycles. The van der Waals surface area contributed by atoms with Gasteiger partial charge in [-0.3, -0.25) is 19.2 Å². The number of esters is 4. The maximum atomic E-state index is 11.2. The summed E-state index contributed by atoms with van der Waals surface area (Å²) in [6, 6.07) is 0. The average molecular weight is 332 g/mol. The first kappa shape index (κ1) is 18.9. The molecule has 0 radical (unpaired) electrons.